The second-order valence-electron chi connectivity index (χ2n) is 6.36. The molecule has 0 unspecified atom stereocenters. The van der Waals surface area contributed by atoms with E-state index in [0.29, 0.717) is 18.1 Å². The van der Waals surface area contributed by atoms with Crippen LogP contribution in [0.2, 0.25) is 0 Å². The van der Waals surface area contributed by atoms with E-state index in [9.17, 15) is 4.79 Å². The van der Waals surface area contributed by atoms with Crippen molar-refractivity contribution in [3.8, 4) is 11.3 Å². The second kappa shape index (κ2) is 9.62. The molecule has 3 aromatic rings. The Morgan fingerprint density at radius 1 is 1.04 bits per heavy atom. The third-order valence-electron chi connectivity index (χ3n) is 4.17. The van der Waals surface area contributed by atoms with Gasteiger partial charge < -0.3 is 15.4 Å². The number of rotatable bonds is 9. The Hall–Kier alpha value is -3.25. The van der Waals surface area contributed by atoms with Crippen LogP contribution in [0.25, 0.3) is 11.3 Å². The van der Waals surface area contributed by atoms with Gasteiger partial charge in [-0.3, -0.25) is 4.79 Å². The number of nitrogens with one attached hydrogen (secondary N) is 2. The minimum atomic E-state index is 0.0384. The summed E-state index contributed by atoms with van der Waals surface area (Å²) in [5, 5.41) is 6.55. The van der Waals surface area contributed by atoms with Gasteiger partial charge in [0.15, 0.2) is 5.78 Å². The second-order valence-corrected chi connectivity index (χ2v) is 6.36. The molecule has 0 amide bonds. The maximum atomic E-state index is 11.4. The molecular formula is C22H24N4O2. The van der Waals surface area contributed by atoms with Crippen molar-refractivity contribution < 1.29 is 9.53 Å². The SMILES string of the molecule is COCCCNc1cc(-c2ccccc2)nc(Nc2ccc(C(C)=O)cc2)n1. The monoisotopic (exact) mass is 376 g/mol. The quantitative estimate of drug-likeness (QED) is 0.422. The summed E-state index contributed by atoms with van der Waals surface area (Å²) in [7, 11) is 1.69. The first-order valence-electron chi connectivity index (χ1n) is 9.21. The highest BCUT2D eigenvalue weighted by Crippen LogP contribution is 2.23. The lowest BCUT2D eigenvalue weighted by atomic mass is 10.1. The number of carbonyl (C=O) groups excluding carboxylic acids is 1. The van der Waals surface area contributed by atoms with E-state index in [0.717, 1.165) is 35.7 Å². The van der Waals surface area contributed by atoms with E-state index in [4.69, 9.17) is 4.74 Å². The average molecular weight is 376 g/mol. The minimum absolute atomic E-state index is 0.0384. The molecule has 0 fully saturated rings. The zero-order valence-corrected chi connectivity index (χ0v) is 16.1. The number of anilines is 3. The lowest BCUT2D eigenvalue weighted by molar-refractivity contribution is 0.101. The Balaban J connectivity index is 1.84. The highest BCUT2D eigenvalue weighted by molar-refractivity contribution is 5.94. The third kappa shape index (κ3) is 5.37. The molecule has 0 aliphatic heterocycles. The average Bonchev–Trinajstić information content (AvgIpc) is 2.72. The number of benzene rings is 2. The molecule has 3 rings (SSSR count). The first-order valence-corrected chi connectivity index (χ1v) is 9.21. The predicted octanol–water partition coefficient (Wildman–Crippen LogP) is 4.54. The lowest BCUT2D eigenvalue weighted by Gasteiger charge is -2.12. The van der Waals surface area contributed by atoms with Crippen LogP contribution in [-0.2, 0) is 4.74 Å². The fourth-order valence-corrected chi connectivity index (χ4v) is 2.70. The van der Waals surface area contributed by atoms with Crippen molar-refractivity contribution in [3.05, 3.63) is 66.2 Å². The van der Waals surface area contributed by atoms with Crippen LogP contribution in [0.15, 0.2) is 60.7 Å². The van der Waals surface area contributed by atoms with E-state index < -0.39 is 0 Å². The number of hydrogen-bond donors (Lipinski definition) is 2. The smallest absolute Gasteiger partial charge is 0.229 e. The van der Waals surface area contributed by atoms with Crippen LogP contribution in [0.5, 0.6) is 0 Å². The summed E-state index contributed by atoms with van der Waals surface area (Å²) < 4.78 is 5.09. The molecular weight excluding hydrogens is 352 g/mol. The Morgan fingerprint density at radius 2 is 1.79 bits per heavy atom. The highest BCUT2D eigenvalue weighted by atomic mass is 16.5. The van der Waals surface area contributed by atoms with Gasteiger partial charge in [-0.15, -0.1) is 0 Å². The van der Waals surface area contributed by atoms with Crippen LogP contribution < -0.4 is 10.6 Å². The van der Waals surface area contributed by atoms with E-state index >= 15 is 0 Å². The summed E-state index contributed by atoms with van der Waals surface area (Å²) in [6, 6.07) is 19.2. The molecule has 1 heterocycles. The van der Waals surface area contributed by atoms with Gasteiger partial charge in [-0.1, -0.05) is 30.3 Å². The van der Waals surface area contributed by atoms with Gasteiger partial charge in [0.1, 0.15) is 5.82 Å². The van der Waals surface area contributed by atoms with Gasteiger partial charge in [-0.05, 0) is 37.6 Å². The predicted molar refractivity (Wildman–Crippen MR) is 112 cm³/mol. The van der Waals surface area contributed by atoms with Crippen molar-refractivity contribution in [2.24, 2.45) is 0 Å². The maximum absolute atomic E-state index is 11.4. The summed E-state index contributed by atoms with van der Waals surface area (Å²) in [5.41, 5.74) is 3.33. The van der Waals surface area contributed by atoms with Crippen molar-refractivity contribution in [2.75, 3.05) is 30.9 Å². The lowest BCUT2D eigenvalue weighted by Crippen LogP contribution is -2.08. The molecule has 1 aromatic heterocycles. The molecule has 6 nitrogen and oxygen atoms in total. The standard InChI is InChI=1S/C22H24N4O2/c1-16(27)17-9-11-19(12-10-17)24-22-25-20(18-7-4-3-5-8-18)15-21(26-22)23-13-6-14-28-2/h3-5,7-12,15H,6,13-14H2,1-2H3,(H2,23,24,25,26). The molecule has 0 saturated carbocycles. The van der Waals surface area contributed by atoms with Crippen LogP contribution in [0, 0.1) is 0 Å². The first-order chi connectivity index (χ1) is 13.7. The number of ketones is 1. The maximum Gasteiger partial charge on any atom is 0.229 e. The van der Waals surface area contributed by atoms with Crippen molar-refractivity contribution in [2.45, 2.75) is 13.3 Å². The van der Waals surface area contributed by atoms with Crippen molar-refractivity contribution in [3.63, 3.8) is 0 Å². The minimum Gasteiger partial charge on any atom is -0.385 e. The molecule has 28 heavy (non-hydrogen) atoms. The van der Waals surface area contributed by atoms with Gasteiger partial charge in [-0.25, -0.2) is 4.98 Å². The first kappa shape index (κ1) is 19.5. The summed E-state index contributed by atoms with van der Waals surface area (Å²) in [6.07, 6.45) is 0.885. The fourth-order valence-electron chi connectivity index (χ4n) is 2.70. The summed E-state index contributed by atoms with van der Waals surface area (Å²) in [6.45, 7) is 3.00. The molecule has 2 aromatic carbocycles. The summed E-state index contributed by atoms with van der Waals surface area (Å²) in [4.78, 5) is 20.7. The molecule has 144 valence electrons. The van der Waals surface area contributed by atoms with Gasteiger partial charge in [0.2, 0.25) is 5.95 Å². The van der Waals surface area contributed by atoms with Gasteiger partial charge in [0, 0.05) is 43.1 Å². The van der Waals surface area contributed by atoms with E-state index in [-0.39, 0.29) is 5.78 Å². The summed E-state index contributed by atoms with van der Waals surface area (Å²) in [5.74, 6) is 1.27. The van der Waals surface area contributed by atoms with Crippen LogP contribution in [0.4, 0.5) is 17.5 Å². The Bertz CT molecular complexity index is 912. The van der Waals surface area contributed by atoms with Crippen LogP contribution in [0.3, 0.4) is 0 Å². The molecule has 0 atom stereocenters. The van der Waals surface area contributed by atoms with Crippen LogP contribution in [-0.4, -0.2) is 36.0 Å². The van der Waals surface area contributed by atoms with E-state index in [1.54, 1.807) is 26.2 Å². The van der Waals surface area contributed by atoms with Gasteiger partial charge in [-0.2, -0.15) is 4.98 Å². The fraction of sp³-hybridized carbons (Fsp3) is 0.227. The topological polar surface area (TPSA) is 76.1 Å². The normalized spacial score (nSPS) is 10.5. The van der Waals surface area contributed by atoms with Crippen LogP contribution in [0.1, 0.15) is 23.7 Å². The zero-order chi connectivity index (χ0) is 19.8. The number of ether oxygens (including phenoxy) is 1. The van der Waals surface area contributed by atoms with Crippen LogP contribution >= 0.6 is 0 Å². The number of Topliss-reactive ketones (excluding diaryl/α,β-unsaturated/α-hetero) is 1. The largest absolute Gasteiger partial charge is 0.385 e. The van der Waals surface area contributed by atoms with Crippen molar-refractivity contribution in [1.82, 2.24) is 9.97 Å². The Kier molecular flexibility index (Phi) is 6.70. The van der Waals surface area contributed by atoms with Crippen molar-refractivity contribution in [1.29, 1.82) is 0 Å². The van der Waals surface area contributed by atoms with E-state index in [1.807, 2.05) is 48.5 Å². The third-order valence-corrected chi connectivity index (χ3v) is 4.17. The molecule has 2 N–H and O–H groups in total. The molecule has 0 spiro atoms. The van der Waals surface area contributed by atoms with Gasteiger partial charge in [0.05, 0.1) is 5.69 Å². The number of aromatic nitrogens is 2. The molecule has 0 bridgehead atoms. The Labute approximate surface area is 165 Å². The number of carbonyl (C=O) groups is 1. The molecule has 0 radical (unpaired) electrons. The van der Waals surface area contributed by atoms with Crippen molar-refractivity contribution >= 4 is 23.2 Å². The number of nitrogens with zero attached hydrogens (tertiary/aromatic N) is 2. The van der Waals surface area contributed by atoms with Gasteiger partial charge >= 0.3 is 0 Å². The molecule has 0 saturated heterocycles. The molecule has 6 heteroatoms. The van der Waals surface area contributed by atoms with Gasteiger partial charge in [0.25, 0.3) is 0 Å². The summed E-state index contributed by atoms with van der Waals surface area (Å²) >= 11 is 0. The zero-order valence-electron chi connectivity index (χ0n) is 16.1. The number of hydrogen-bond acceptors (Lipinski definition) is 6. The molecule has 0 aliphatic carbocycles. The Morgan fingerprint density at radius 3 is 2.46 bits per heavy atom. The highest BCUT2D eigenvalue weighted by Gasteiger charge is 2.08. The molecule has 0 aliphatic rings. The van der Waals surface area contributed by atoms with E-state index in [1.165, 1.54) is 0 Å². The van der Waals surface area contributed by atoms with E-state index in [2.05, 4.69) is 20.6 Å². The number of methoxy groups -OCH3 is 1.